The summed E-state index contributed by atoms with van der Waals surface area (Å²) in [5.41, 5.74) is 0.831. The smallest absolute Gasteiger partial charge is 0.288 e. The Labute approximate surface area is 174 Å². The lowest BCUT2D eigenvalue weighted by molar-refractivity contribution is -0.128. The topological polar surface area (TPSA) is 83.6 Å². The number of carbonyl (C=O) groups is 2. The van der Waals surface area contributed by atoms with Crippen molar-refractivity contribution in [1.29, 1.82) is 0 Å². The highest BCUT2D eigenvalue weighted by molar-refractivity contribution is 7.71. The van der Waals surface area contributed by atoms with Gasteiger partial charge < -0.3 is 14.6 Å². The largest absolute Gasteiger partial charge is 0.412 e. The van der Waals surface area contributed by atoms with Crippen molar-refractivity contribution < 1.29 is 14.0 Å². The molecule has 0 spiro atoms. The fourth-order valence-electron chi connectivity index (χ4n) is 3.83. The zero-order valence-corrected chi connectivity index (χ0v) is 17.1. The van der Waals surface area contributed by atoms with Crippen LogP contribution in [0.15, 0.2) is 34.7 Å². The Morgan fingerprint density at radius 2 is 1.97 bits per heavy atom. The molecule has 1 aromatic heterocycles. The molecule has 29 heavy (non-hydrogen) atoms. The summed E-state index contributed by atoms with van der Waals surface area (Å²) < 4.78 is 7.24. The van der Waals surface area contributed by atoms with Gasteiger partial charge in [-0.3, -0.25) is 14.5 Å². The number of benzene rings is 1. The fraction of sp³-hybridized carbons (Fsp3) is 0.500. The molecule has 3 heterocycles. The second-order valence-electron chi connectivity index (χ2n) is 7.57. The van der Waals surface area contributed by atoms with Gasteiger partial charge in [0.2, 0.25) is 17.7 Å². The van der Waals surface area contributed by atoms with Gasteiger partial charge in [0.05, 0.1) is 13.2 Å². The Kier molecular flexibility index (Phi) is 6.05. The Hall–Kier alpha value is -2.52. The van der Waals surface area contributed by atoms with E-state index in [2.05, 4.69) is 15.3 Å². The van der Waals surface area contributed by atoms with Gasteiger partial charge in [0.15, 0.2) is 0 Å². The van der Waals surface area contributed by atoms with E-state index < -0.39 is 0 Å². The first-order chi connectivity index (χ1) is 14.1. The van der Waals surface area contributed by atoms with E-state index >= 15 is 0 Å². The van der Waals surface area contributed by atoms with Gasteiger partial charge in [-0.2, -0.15) is 0 Å². The molecule has 9 heteroatoms. The maximum Gasteiger partial charge on any atom is 0.288 e. The monoisotopic (exact) mass is 415 g/mol. The van der Waals surface area contributed by atoms with Gasteiger partial charge in [0.1, 0.15) is 0 Å². The molecule has 8 nitrogen and oxygen atoms in total. The number of nitrogens with one attached hydrogen (secondary N) is 1. The summed E-state index contributed by atoms with van der Waals surface area (Å²) in [5, 5.41) is 7.43. The summed E-state index contributed by atoms with van der Waals surface area (Å²) in [6.45, 7) is 3.23. The van der Waals surface area contributed by atoms with Gasteiger partial charge >= 0.3 is 0 Å². The van der Waals surface area contributed by atoms with E-state index in [-0.39, 0.29) is 17.7 Å². The van der Waals surface area contributed by atoms with Gasteiger partial charge in [-0.25, -0.2) is 4.68 Å². The van der Waals surface area contributed by atoms with Crippen molar-refractivity contribution in [2.24, 2.45) is 5.92 Å². The van der Waals surface area contributed by atoms with Gasteiger partial charge in [0, 0.05) is 37.7 Å². The van der Waals surface area contributed by atoms with Crippen molar-refractivity contribution in [2.75, 3.05) is 25.0 Å². The quantitative estimate of drug-likeness (QED) is 0.731. The molecular formula is C20H25N5O3S. The third-order valence-corrected chi connectivity index (χ3v) is 5.77. The zero-order valence-electron chi connectivity index (χ0n) is 16.2. The molecule has 0 radical (unpaired) electrons. The molecule has 2 aromatic rings. The lowest BCUT2D eigenvalue weighted by Crippen LogP contribution is -2.39. The number of piperidine rings is 1. The Bertz CT molecular complexity index is 918. The van der Waals surface area contributed by atoms with Gasteiger partial charge in [-0.1, -0.05) is 18.2 Å². The Morgan fingerprint density at radius 3 is 2.66 bits per heavy atom. The molecule has 0 atom stereocenters. The van der Waals surface area contributed by atoms with Crippen LogP contribution in [0.2, 0.25) is 0 Å². The van der Waals surface area contributed by atoms with Gasteiger partial charge in [-0.05, 0) is 43.6 Å². The van der Waals surface area contributed by atoms with E-state index in [0.717, 1.165) is 44.6 Å². The van der Waals surface area contributed by atoms with E-state index in [1.54, 1.807) is 9.58 Å². The van der Waals surface area contributed by atoms with E-state index in [0.29, 0.717) is 30.4 Å². The Balaban J connectivity index is 1.28. The molecule has 1 N–H and O–H groups in total. The maximum absolute atomic E-state index is 12.5. The lowest BCUT2D eigenvalue weighted by Gasteiger charge is -2.30. The number of rotatable bonds is 6. The van der Waals surface area contributed by atoms with Crippen LogP contribution in [-0.2, 0) is 22.8 Å². The molecule has 0 bridgehead atoms. The summed E-state index contributed by atoms with van der Waals surface area (Å²) in [5.74, 6) is 0.693. The zero-order chi connectivity index (χ0) is 20.2. The van der Waals surface area contributed by atoms with Crippen LogP contribution < -0.4 is 5.32 Å². The number of carbonyl (C=O) groups excluding carboxylic acids is 2. The SMILES string of the molecule is O=C(Nc1ccccc1)C1CCN(Cn2nc(CN3CCCC3=O)oc2=S)CC1. The molecule has 0 unspecified atom stereocenters. The predicted molar refractivity (Wildman–Crippen MR) is 109 cm³/mol. The molecule has 2 fully saturated rings. The van der Waals surface area contributed by atoms with Crippen LogP contribution in [-0.4, -0.2) is 51.0 Å². The van der Waals surface area contributed by atoms with E-state index in [1.165, 1.54) is 0 Å². The number of hydrogen-bond acceptors (Lipinski definition) is 6. The number of likely N-dealkylation sites (tertiary alicyclic amines) is 2. The molecule has 2 aliphatic heterocycles. The minimum atomic E-state index is 0.00785. The first-order valence-electron chi connectivity index (χ1n) is 10.0. The second-order valence-corrected chi connectivity index (χ2v) is 7.92. The average Bonchev–Trinajstić information content (AvgIpc) is 3.28. The number of para-hydroxylation sites is 1. The van der Waals surface area contributed by atoms with Crippen LogP contribution >= 0.6 is 12.2 Å². The third-order valence-electron chi connectivity index (χ3n) is 5.48. The first-order valence-corrected chi connectivity index (χ1v) is 10.4. The van der Waals surface area contributed by atoms with Crippen LogP contribution in [0.5, 0.6) is 0 Å². The molecule has 154 valence electrons. The first kappa shape index (κ1) is 19.8. The van der Waals surface area contributed by atoms with Crippen molar-refractivity contribution >= 4 is 29.7 Å². The number of anilines is 1. The van der Waals surface area contributed by atoms with Crippen LogP contribution in [0, 0.1) is 10.8 Å². The Morgan fingerprint density at radius 1 is 1.21 bits per heavy atom. The number of aromatic nitrogens is 2. The van der Waals surface area contributed by atoms with Gasteiger partial charge in [0.25, 0.3) is 4.84 Å². The lowest BCUT2D eigenvalue weighted by atomic mass is 9.96. The van der Waals surface area contributed by atoms with Gasteiger partial charge in [-0.15, -0.1) is 5.10 Å². The minimum Gasteiger partial charge on any atom is -0.412 e. The number of nitrogens with zero attached hydrogens (tertiary/aromatic N) is 4. The molecule has 0 saturated carbocycles. The molecule has 2 amide bonds. The van der Waals surface area contributed by atoms with Crippen molar-refractivity contribution in [3.05, 3.63) is 41.1 Å². The highest BCUT2D eigenvalue weighted by Gasteiger charge is 2.26. The molecule has 1 aromatic carbocycles. The van der Waals surface area contributed by atoms with Crippen LogP contribution in [0.25, 0.3) is 0 Å². The molecular weight excluding hydrogens is 390 g/mol. The molecule has 2 aliphatic rings. The van der Waals surface area contributed by atoms with E-state index in [1.807, 2.05) is 30.3 Å². The van der Waals surface area contributed by atoms with Crippen molar-refractivity contribution in [3.8, 4) is 0 Å². The standard InChI is InChI=1S/C20H25N5O3S/c26-18-7-4-10-24(18)13-17-22-25(20(29)28-17)14-23-11-8-15(9-12-23)19(27)21-16-5-2-1-3-6-16/h1-3,5-6,15H,4,7-14H2,(H,21,27). The van der Waals surface area contributed by atoms with Crippen molar-refractivity contribution in [1.82, 2.24) is 19.6 Å². The van der Waals surface area contributed by atoms with Crippen LogP contribution in [0.4, 0.5) is 5.69 Å². The third kappa shape index (κ3) is 4.91. The summed E-state index contributed by atoms with van der Waals surface area (Å²) >= 11 is 5.29. The van der Waals surface area contributed by atoms with Crippen molar-refractivity contribution in [2.45, 2.75) is 38.9 Å². The summed E-state index contributed by atoms with van der Waals surface area (Å²) in [4.78, 5) is 28.5. The van der Waals surface area contributed by atoms with Crippen LogP contribution in [0.1, 0.15) is 31.6 Å². The van der Waals surface area contributed by atoms with Crippen molar-refractivity contribution in [3.63, 3.8) is 0 Å². The number of amides is 2. The highest BCUT2D eigenvalue weighted by atomic mass is 32.1. The normalized spacial score (nSPS) is 18.3. The second kappa shape index (κ2) is 8.87. The predicted octanol–water partition coefficient (Wildman–Crippen LogP) is 2.64. The highest BCUT2D eigenvalue weighted by Crippen LogP contribution is 2.20. The van der Waals surface area contributed by atoms with E-state index in [9.17, 15) is 9.59 Å². The molecule has 4 rings (SSSR count). The summed E-state index contributed by atoms with van der Waals surface area (Å²) in [6, 6.07) is 9.54. The summed E-state index contributed by atoms with van der Waals surface area (Å²) in [7, 11) is 0. The van der Waals surface area contributed by atoms with E-state index in [4.69, 9.17) is 16.6 Å². The summed E-state index contributed by atoms with van der Waals surface area (Å²) in [6.07, 6.45) is 3.05. The number of hydrogen-bond donors (Lipinski definition) is 1. The van der Waals surface area contributed by atoms with Crippen LogP contribution in [0.3, 0.4) is 0 Å². The molecule has 2 saturated heterocycles. The minimum absolute atomic E-state index is 0.00785. The maximum atomic E-state index is 12.5. The average molecular weight is 416 g/mol. The molecule has 0 aliphatic carbocycles. The fourth-order valence-corrected chi connectivity index (χ4v) is 4.02.